The van der Waals surface area contributed by atoms with E-state index in [9.17, 15) is 9.59 Å². The van der Waals surface area contributed by atoms with Crippen LogP contribution in [0.3, 0.4) is 0 Å². The SMILES string of the molecule is O=C(O)[C@@H]1[C@H](C(=O)O)NCN1Cc1ccccc1. The average molecular weight is 250 g/mol. The second-order valence-corrected chi connectivity index (χ2v) is 4.19. The molecule has 6 nitrogen and oxygen atoms in total. The van der Waals surface area contributed by atoms with E-state index < -0.39 is 24.0 Å². The molecule has 0 aliphatic carbocycles. The second-order valence-electron chi connectivity index (χ2n) is 4.19. The summed E-state index contributed by atoms with van der Waals surface area (Å²) in [5, 5.41) is 20.8. The van der Waals surface area contributed by atoms with Crippen LogP contribution < -0.4 is 5.32 Å². The number of carbonyl (C=O) groups is 2. The molecule has 6 heteroatoms. The van der Waals surface area contributed by atoms with E-state index in [4.69, 9.17) is 10.2 Å². The van der Waals surface area contributed by atoms with Crippen LogP contribution in [0.25, 0.3) is 0 Å². The maximum Gasteiger partial charge on any atom is 0.323 e. The Morgan fingerprint density at radius 1 is 1.22 bits per heavy atom. The van der Waals surface area contributed by atoms with Crippen molar-refractivity contribution in [1.29, 1.82) is 0 Å². The molecule has 0 bridgehead atoms. The lowest BCUT2D eigenvalue weighted by molar-refractivity contribution is -0.149. The molecule has 1 aromatic rings. The molecule has 2 atom stereocenters. The fourth-order valence-corrected chi connectivity index (χ4v) is 2.13. The van der Waals surface area contributed by atoms with E-state index in [2.05, 4.69) is 5.32 Å². The molecule has 0 saturated carbocycles. The maximum absolute atomic E-state index is 11.2. The Morgan fingerprint density at radius 2 is 1.89 bits per heavy atom. The monoisotopic (exact) mass is 250 g/mol. The van der Waals surface area contributed by atoms with Crippen molar-refractivity contribution < 1.29 is 19.8 Å². The van der Waals surface area contributed by atoms with Crippen molar-refractivity contribution in [3.8, 4) is 0 Å². The van der Waals surface area contributed by atoms with Gasteiger partial charge in [-0.1, -0.05) is 30.3 Å². The van der Waals surface area contributed by atoms with Gasteiger partial charge >= 0.3 is 11.9 Å². The zero-order chi connectivity index (χ0) is 13.1. The lowest BCUT2D eigenvalue weighted by Crippen LogP contribution is -2.46. The van der Waals surface area contributed by atoms with Crippen LogP contribution in [-0.2, 0) is 16.1 Å². The molecule has 1 aliphatic rings. The van der Waals surface area contributed by atoms with E-state index in [1.54, 1.807) is 4.90 Å². The van der Waals surface area contributed by atoms with Gasteiger partial charge in [-0.2, -0.15) is 0 Å². The minimum atomic E-state index is -1.14. The molecule has 0 aromatic heterocycles. The molecule has 1 aliphatic heterocycles. The van der Waals surface area contributed by atoms with Crippen molar-refractivity contribution in [1.82, 2.24) is 10.2 Å². The molecule has 3 N–H and O–H groups in total. The van der Waals surface area contributed by atoms with Crippen LogP contribution in [0.4, 0.5) is 0 Å². The van der Waals surface area contributed by atoms with Gasteiger partial charge in [0.05, 0.1) is 6.67 Å². The maximum atomic E-state index is 11.2. The van der Waals surface area contributed by atoms with E-state index in [0.29, 0.717) is 6.54 Å². The summed E-state index contributed by atoms with van der Waals surface area (Å²) in [5.74, 6) is -2.26. The van der Waals surface area contributed by atoms with Gasteiger partial charge in [0.25, 0.3) is 0 Å². The number of nitrogens with one attached hydrogen (secondary N) is 1. The molecule has 18 heavy (non-hydrogen) atoms. The largest absolute Gasteiger partial charge is 0.480 e. The number of hydrogen-bond donors (Lipinski definition) is 3. The molecule has 96 valence electrons. The highest BCUT2D eigenvalue weighted by Crippen LogP contribution is 2.16. The standard InChI is InChI=1S/C12H14N2O4/c15-11(16)9-10(12(17)18)14(7-13-9)6-8-4-2-1-3-5-8/h1-5,9-10,13H,6-7H2,(H,15,16)(H,17,18)/t9-,10+/m1/s1. The van der Waals surface area contributed by atoms with E-state index in [1.165, 1.54) is 0 Å². The Hall–Kier alpha value is -1.92. The molecule has 0 amide bonds. The van der Waals surface area contributed by atoms with Crippen molar-refractivity contribution in [2.24, 2.45) is 0 Å². The van der Waals surface area contributed by atoms with Crippen LogP contribution in [-0.4, -0.2) is 45.8 Å². The van der Waals surface area contributed by atoms with Crippen molar-refractivity contribution in [2.75, 3.05) is 6.67 Å². The van der Waals surface area contributed by atoms with Gasteiger partial charge in [0.2, 0.25) is 0 Å². The first kappa shape index (κ1) is 12.5. The van der Waals surface area contributed by atoms with Crippen LogP contribution >= 0.6 is 0 Å². The third-order valence-electron chi connectivity index (χ3n) is 2.97. The number of nitrogens with zero attached hydrogens (tertiary/aromatic N) is 1. The van der Waals surface area contributed by atoms with Gasteiger partial charge in [-0.25, -0.2) is 0 Å². The number of hydrogen-bond acceptors (Lipinski definition) is 4. The summed E-state index contributed by atoms with van der Waals surface area (Å²) >= 11 is 0. The number of benzene rings is 1. The summed E-state index contributed by atoms with van der Waals surface area (Å²) in [5.41, 5.74) is 0.955. The number of aliphatic carboxylic acids is 2. The smallest absolute Gasteiger partial charge is 0.323 e. The van der Waals surface area contributed by atoms with Gasteiger partial charge in [0, 0.05) is 6.54 Å². The second kappa shape index (κ2) is 5.16. The number of carboxylic acids is 2. The Labute approximate surface area is 104 Å². The lowest BCUT2D eigenvalue weighted by Gasteiger charge is -2.21. The van der Waals surface area contributed by atoms with Gasteiger partial charge in [-0.3, -0.25) is 19.8 Å². The van der Waals surface area contributed by atoms with E-state index in [1.807, 2.05) is 30.3 Å². The van der Waals surface area contributed by atoms with Crippen LogP contribution in [0, 0.1) is 0 Å². The van der Waals surface area contributed by atoms with Crippen LogP contribution in [0.1, 0.15) is 5.56 Å². The molecule has 1 aromatic carbocycles. The average Bonchev–Trinajstić information content (AvgIpc) is 2.74. The van der Waals surface area contributed by atoms with Crippen LogP contribution in [0.15, 0.2) is 30.3 Å². The Kier molecular flexibility index (Phi) is 3.59. The van der Waals surface area contributed by atoms with Gasteiger partial charge in [0.1, 0.15) is 12.1 Å². The quantitative estimate of drug-likeness (QED) is 0.694. The summed E-state index contributed by atoms with van der Waals surface area (Å²) in [6.07, 6.45) is 0. The molecule has 1 saturated heterocycles. The minimum Gasteiger partial charge on any atom is -0.480 e. The van der Waals surface area contributed by atoms with Crippen molar-refractivity contribution in [3.05, 3.63) is 35.9 Å². The summed E-state index contributed by atoms with van der Waals surface area (Å²) in [6, 6.07) is 7.27. The van der Waals surface area contributed by atoms with E-state index in [0.717, 1.165) is 5.56 Å². The summed E-state index contributed by atoms with van der Waals surface area (Å²) in [7, 11) is 0. The topological polar surface area (TPSA) is 89.9 Å². The highest BCUT2D eigenvalue weighted by atomic mass is 16.4. The summed E-state index contributed by atoms with van der Waals surface area (Å²) in [4.78, 5) is 23.7. The first-order chi connectivity index (χ1) is 8.59. The third-order valence-corrected chi connectivity index (χ3v) is 2.97. The minimum absolute atomic E-state index is 0.253. The first-order valence-corrected chi connectivity index (χ1v) is 5.56. The number of rotatable bonds is 4. The molecule has 1 heterocycles. The fraction of sp³-hybridized carbons (Fsp3) is 0.333. The van der Waals surface area contributed by atoms with Crippen LogP contribution in [0.2, 0.25) is 0 Å². The highest BCUT2D eigenvalue weighted by Gasteiger charge is 2.43. The van der Waals surface area contributed by atoms with E-state index >= 15 is 0 Å². The molecular weight excluding hydrogens is 236 g/mol. The Balaban J connectivity index is 2.13. The normalized spacial score (nSPS) is 24.0. The zero-order valence-electron chi connectivity index (χ0n) is 9.61. The fourth-order valence-electron chi connectivity index (χ4n) is 2.13. The molecule has 0 radical (unpaired) electrons. The zero-order valence-corrected chi connectivity index (χ0v) is 9.61. The van der Waals surface area contributed by atoms with Crippen molar-refractivity contribution >= 4 is 11.9 Å². The van der Waals surface area contributed by atoms with Gasteiger partial charge < -0.3 is 10.2 Å². The molecule has 0 spiro atoms. The molecule has 2 rings (SSSR count). The third kappa shape index (κ3) is 2.49. The van der Waals surface area contributed by atoms with Gasteiger partial charge in [-0.15, -0.1) is 0 Å². The highest BCUT2D eigenvalue weighted by molar-refractivity contribution is 5.85. The lowest BCUT2D eigenvalue weighted by atomic mass is 10.1. The van der Waals surface area contributed by atoms with Gasteiger partial charge in [0.15, 0.2) is 0 Å². The molecular formula is C12H14N2O4. The van der Waals surface area contributed by atoms with Crippen LogP contribution in [0.5, 0.6) is 0 Å². The predicted octanol–water partition coefficient (Wildman–Crippen LogP) is -0.0443. The first-order valence-electron chi connectivity index (χ1n) is 5.56. The summed E-state index contributed by atoms with van der Waals surface area (Å²) in [6.45, 7) is 0.664. The van der Waals surface area contributed by atoms with Gasteiger partial charge in [-0.05, 0) is 5.56 Å². The molecule has 1 fully saturated rings. The van der Waals surface area contributed by atoms with Crippen molar-refractivity contribution in [3.63, 3.8) is 0 Å². The Bertz CT molecular complexity index is 449. The molecule has 0 unspecified atom stereocenters. The number of carboxylic acid groups (broad SMARTS) is 2. The van der Waals surface area contributed by atoms with Crippen molar-refractivity contribution in [2.45, 2.75) is 18.6 Å². The summed E-state index contributed by atoms with van der Waals surface area (Å²) < 4.78 is 0. The van der Waals surface area contributed by atoms with E-state index in [-0.39, 0.29) is 6.67 Å². The Morgan fingerprint density at radius 3 is 2.44 bits per heavy atom. The predicted molar refractivity (Wildman–Crippen MR) is 62.8 cm³/mol.